The minimum absolute atomic E-state index is 0.174. The summed E-state index contributed by atoms with van der Waals surface area (Å²) >= 11 is 0. The summed E-state index contributed by atoms with van der Waals surface area (Å²) in [6.45, 7) is 8.77. The number of carbonyl (C=O) groups is 2. The molecular formula is C25H34FN3O4S. The van der Waals surface area contributed by atoms with Gasteiger partial charge in [-0.2, -0.15) is 0 Å². The summed E-state index contributed by atoms with van der Waals surface area (Å²) in [7, 11) is -3.82. The first-order chi connectivity index (χ1) is 15.8. The van der Waals surface area contributed by atoms with E-state index in [-0.39, 0.29) is 18.0 Å². The normalized spacial score (nSPS) is 12.4. The number of aryl methyl sites for hydroxylation is 2. The topological polar surface area (TPSA) is 86.8 Å². The predicted molar refractivity (Wildman–Crippen MR) is 132 cm³/mol. The number of amides is 2. The second kappa shape index (κ2) is 11.5. The number of carbonyl (C=O) groups excluding carboxylic acids is 2. The van der Waals surface area contributed by atoms with Crippen molar-refractivity contribution < 1.29 is 22.4 Å². The third kappa shape index (κ3) is 7.28. The maximum absolute atomic E-state index is 14.4. The fourth-order valence-electron chi connectivity index (χ4n) is 3.43. The van der Waals surface area contributed by atoms with Gasteiger partial charge < -0.3 is 10.2 Å². The standard InChI is InChI=1S/C25H34FN3O4S/c1-17(2)14-27-25(31)20(5)28(15-21-9-7-8-10-22(21)26)24(30)16-29(34(6,32)33)23-13-18(3)11-12-19(23)4/h7-13,17,20H,14-16H2,1-6H3,(H,27,31)/t20-/m0/s1. The molecule has 7 nitrogen and oxygen atoms in total. The molecule has 0 bridgehead atoms. The van der Waals surface area contributed by atoms with Crippen LogP contribution >= 0.6 is 0 Å². The summed E-state index contributed by atoms with van der Waals surface area (Å²) in [4.78, 5) is 27.5. The SMILES string of the molecule is Cc1ccc(C)c(N(CC(=O)N(Cc2ccccc2F)[C@@H](C)C(=O)NCC(C)C)S(C)(=O)=O)c1. The van der Waals surface area contributed by atoms with Crippen LogP contribution in [0.4, 0.5) is 10.1 Å². The van der Waals surface area contributed by atoms with Crippen LogP contribution in [0.15, 0.2) is 42.5 Å². The number of rotatable bonds is 10. The van der Waals surface area contributed by atoms with Crippen LogP contribution in [0.5, 0.6) is 0 Å². The predicted octanol–water partition coefficient (Wildman–Crippen LogP) is 3.40. The van der Waals surface area contributed by atoms with Gasteiger partial charge in [-0.15, -0.1) is 0 Å². The molecule has 0 unspecified atom stereocenters. The minimum Gasteiger partial charge on any atom is -0.354 e. The van der Waals surface area contributed by atoms with E-state index in [1.54, 1.807) is 32.0 Å². The molecule has 2 amide bonds. The van der Waals surface area contributed by atoms with Gasteiger partial charge in [0.25, 0.3) is 0 Å². The average Bonchev–Trinajstić information content (AvgIpc) is 2.75. The summed E-state index contributed by atoms with van der Waals surface area (Å²) in [5.41, 5.74) is 2.15. The van der Waals surface area contributed by atoms with E-state index in [1.807, 2.05) is 26.8 Å². The smallest absolute Gasteiger partial charge is 0.244 e. The van der Waals surface area contributed by atoms with E-state index in [0.29, 0.717) is 17.8 Å². The van der Waals surface area contributed by atoms with Gasteiger partial charge in [0.2, 0.25) is 21.8 Å². The Kier molecular flexibility index (Phi) is 9.21. The van der Waals surface area contributed by atoms with Gasteiger partial charge in [0.15, 0.2) is 0 Å². The van der Waals surface area contributed by atoms with Crippen LogP contribution in [0.1, 0.15) is 37.5 Å². The van der Waals surface area contributed by atoms with Gasteiger partial charge in [0, 0.05) is 18.7 Å². The second-order valence-corrected chi connectivity index (χ2v) is 10.9. The van der Waals surface area contributed by atoms with Crippen LogP contribution in [0.3, 0.4) is 0 Å². The van der Waals surface area contributed by atoms with Crippen LogP contribution in [-0.4, -0.2) is 50.5 Å². The average molecular weight is 492 g/mol. The van der Waals surface area contributed by atoms with Crippen LogP contribution in [0.2, 0.25) is 0 Å². The highest BCUT2D eigenvalue weighted by Crippen LogP contribution is 2.24. The van der Waals surface area contributed by atoms with Gasteiger partial charge in [-0.3, -0.25) is 13.9 Å². The zero-order valence-corrected chi connectivity index (χ0v) is 21.4. The summed E-state index contributed by atoms with van der Waals surface area (Å²) in [5, 5.41) is 2.79. The van der Waals surface area contributed by atoms with E-state index in [4.69, 9.17) is 0 Å². The number of halogens is 1. The molecule has 2 aromatic carbocycles. The molecule has 0 fully saturated rings. The molecule has 186 valence electrons. The van der Waals surface area contributed by atoms with Crippen LogP contribution in [0.25, 0.3) is 0 Å². The quantitative estimate of drug-likeness (QED) is 0.552. The van der Waals surface area contributed by atoms with Crippen molar-refractivity contribution in [2.75, 3.05) is 23.7 Å². The molecule has 2 aromatic rings. The fourth-order valence-corrected chi connectivity index (χ4v) is 4.33. The molecule has 0 aromatic heterocycles. The van der Waals surface area contributed by atoms with E-state index < -0.39 is 40.2 Å². The first kappa shape index (κ1) is 27.3. The lowest BCUT2D eigenvalue weighted by atomic mass is 10.1. The molecule has 0 aliphatic carbocycles. The number of anilines is 1. The largest absolute Gasteiger partial charge is 0.354 e. The molecule has 9 heteroatoms. The lowest BCUT2D eigenvalue weighted by Crippen LogP contribution is -2.51. The molecule has 1 N–H and O–H groups in total. The highest BCUT2D eigenvalue weighted by atomic mass is 32.2. The van der Waals surface area contributed by atoms with Gasteiger partial charge in [-0.25, -0.2) is 12.8 Å². The number of sulfonamides is 1. The monoisotopic (exact) mass is 491 g/mol. The molecule has 2 rings (SSSR count). The summed E-state index contributed by atoms with van der Waals surface area (Å²) < 4.78 is 40.8. The first-order valence-corrected chi connectivity index (χ1v) is 13.0. The van der Waals surface area contributed by atoms with Crippen LogP contribution in [0, 0.1) is 25.6 Å². The molecule has 0 radical (unpaired) electrons. The molecule has 1 atom stereocenters. The molecule has 34 heavy (non-hydrogen) atoms. The molecular weight excluding hydrogens is 457 g/mol. The van der Waals surface area contributed by atoms with Crippen molar-refractivity contribution in [1.82, 2.24) is 10.2 Å². The number of benzene rings is 2. The Morgan fingerprint density at radius 2 is 1.71 bits per heavy atom. The van der Waals surface area contributed by atoms with Crippen molar-refractivity contribution in [3.8, 4) is 0 Å². The van der Waals surface area contributed by atoms with Crippen molar-refractivity contribution >= 4 is 27.5 Å². The van der Waals surface area contributed by atoms with Crippen molar-refractivity contribution in [3.63, 3.8) is 0 Å². The maximum atomic E-state index is 14.4. The number of nitrogens with one attached hydrogen (secondary N) is 1. The fraction of sp³-hybridized carbons (Fsp3) is 0.440. The zero-order valence-electron chi connectivity index (χ0n) is 20.6. The summed E-state index contributed by atoms with van der Waals surface area (Å²) in [6.07, 6.45) is 1.03. The molecule has 0 saturated heterocycles. The van der Waals surface area contributed by atoms with Gasteiger partial charge >= 0.3 is 0 Å². The summed E-state index contributed by atoms with van der Waals surface area (Å²) in [5.74, 6) is -1.31. The third-order valence-electron chi connectivity index (χ3n) is 5.46. The summed E-state index contributed by atoms with van der Waals surface area (Å²) in [6, 6.07) is 10.4. The van der Waals surface area contributed by atoms with Crippen molar-refractivity contribution in [3.05, 3.63) is 65.0 Å². The molecule has 0 heterocycles. The Morgan fingerprint density at radius 3 is 2.29 bits per heavy atom. The van der Waals surface area contributed by atoms with Gasteiger partial charge in [0.05, 0.1) is 11.9 Å². The Balaban J connectivity index is 2.43. The van der Waals surface area contributed by atoms with Gasteiger partial charge in [-0.1, -0.05) is 44.2 Å². The van der Waals surface area contributed by atoms with E-state index in [1.165, 1.54) is 23.1 Å². The van der Waals surface area contributed by atoms with Crippen LogP contribution < -0.4 is 9.62 Å². The molecule has 0 aliphatic heterocycles. The van der Waals surface area contributed by atoms with E-state index in [9.17, 15) is 22.4 Å². The Hall–Kier alpha value is -2.94. The highest BCUT2D eigenvalue weighted by molar-refractivity contribution is 7.92. The minimum atomic E-state index is -3.82. The van der Waals surface area contributed by atoms with E-state index >= 15 is 0 Å². The van der Waals surface area contributed by atoms with Crippen molar-refractivity contribution in [1.29, 1.82) is 0 Å². The van der Waals surface area contributed by atoms with E-state index in [0.717, 1.165) is 16.1 Å². The first-order valence-electron chi connectivity index (χ1n) is 11.2. The highest BCUT2D eigenvalue weighted by Gasteiger charge is 2.31. The van der Waals surface area contributed by atoms with Gasteiger partial charge in [-0.05, 0) is 49.9 Å². The Morgan fingerprint density at radius 1 is 1.06 bits per heavy atom. The Bertz CT molecular complexity index is 1130. The van der Waals surface area contributed by atoms with E-state index in [2.05, 4.69) is 5.32 Å². The number of hydrogen-bond donors (Lipinski definition) is 1. The Labute approximate surface area is 202 Å². The zero-order chi connectivity index (χ0) is 25.6. The number of hydrogen-bond acceptors (Lipinski definition) is 4. The lowest BCUT2D eigenvalue weighted by molar-refractivity contribution is -0.139. The maximum Gasteiger partial charge on any atom is 0.244 e. The third-order valence-corrected chi connectivity index (χ3v) is 6.59. The van der Waals surface area contributed by atoms with Crippen molar-refractivity contribution in [2.45, 2.75) is 47.2 Å². The van der Waals surface area contributed by atoms with Gasteiger partial charge in [0.1, 0.15) is 18.4 Å². The molecule has 0 spiro atoms. The lowest BCUT2D eigenvalue weighted by Gasteiger charge is -2.32. The molecule has 0 aliphatic rings. The second-order valence-electron chi connectivity index (χ2n) is 8.99. The van der Waals surface area contributed by atoms with Crippen LogP contribution in [-0.2, 0) is 26.2 Å². The molecule has 0 saturated carbocycles. The number of nitrogens with zero attached hydrogens (tertiary/aromatic N) is 2. The van der Waals surface area contributed by atoms with Crippen molar-refractivity contribution in [2.24, 2.45) is 5.92 Å².